The highest BCUT2D eigenvalue weighted by Crippen LogP contribution is 2.26. The number of rotatable bonds is 8. The third-order valence-electron chi connectivity index (χ3n) is 5.25. The molecule has 2 amide bonds. The smallest absolute Gasteiger partial charge is 0.339 e. The Labute approximate surface area is 193 Å². The standard InChI is InChI=1S/C26H29N3O4/c1-5-9-22-20(6-2)24(21-10-7-8-11-23(21)29-22)26(32)33-16(3)25(31)28-19-14-12-18(13-15-19)27-17(4)30/h7-8,10-16H,5-6,9H2,1-4H3,(H,27,30)(H,28,31). The van der Waals surface area contributed by atoms with E-state index in [0.717, 1.165) is 35.0 Å². The number of para-hydroxylation sites is 1. The molecule has 172 valence electrons. The molecule has 0 aliphatic rings. The third kappa shape index (κ3) is 5.74. The minimum Gasteiger partial charge on any atom is -0.449 e. The number of nitrogens with one attached hydrogen (secondary N) is 2. The summed E-state index contributed by atoms with van der Waals surface area (Å²) in [6.45, 7) is 7.03. The van der Waals surface area contributed by atoms with E-state index in [1.807, 2.05) is 31.2 Å². The third-order valence-corrected chi connectivity index (χ3v) is 5.25. The Morgan fingerprint density at radius 3 is 2.21 bits per heavy atom. The first kappa shape index (κ1) is 23.9. The lowest BCUT2D eigenvalue weighted by Gasteiger charge is -2.18. The summed E-state index contributed by atoms with van der Waals surface area (Å²) >= 11 is 0. The summed E-state index contributed by atoms with van der Waals surface area (Å²) in [6, 6.07) is 14.2. The summed E-state index contributed by atoms with van der Waals surface area (Å²) in [4.78, 5) is 41.8. The Morgan fingerprint density at radius 1 is 0.970 bits per heavy atom. The summed E-state index contributed by atoms with van der Waals surface area (Å²) in [5, 5.41) is 6.12. The van der Waals surface area contributed by atoms with Gasteiger partial charge in [0.15, 0.2) is 6.10 Å². The first-order valence-electron chi connectivity index (χ1n) is 11.1. The van der Waals surface area contributed by atoms with Gasteiger partial charge < -0.3 is 15.4 Å². The van der Waals surface area contributed by atoms with Gasteiger partial charge in [0.1, 0.15) is 0 Å². The second-order valence-corrected chi connectivity index (χ2v) is 7.83. The van der Waals surface area contributed by atoms with E-state index in [-0.39, 0.29) is 5.91 Å². The molecule has 2 N–H and O–H groups in total. The van der Waals surface area contributed by atoms with Crippen LogP contribution in [-0.2, 0) is 27.2 Å². The first-order chi connectivity index (χ1) is 15.8. The molecule has 0 saturated carbocycles. The summed E-state index contributed by atoms with van der Waals surface area (Å²) in [5.41, 5.74) is 4.13. The second-order valence-electron chi connectivity index (χ2n) is 7.83. The summed E-state index contributed by atoms with van der Waals surface area (Å²) in [7, 11) is 0. The Bertz CT molecular complexity index is 1170. The fourth-order valence-corrected chi connectivity index (χ4v) is 3.72. The van der Waals surface area contributed by atoms with E-state index in [2.05, 4.69) is 17.6 Å². The van der Waals surface area contributed by atoms with Gasteiger partial charge in [0.25, 0.3) is 5.91 Å². The van der Waals surface area contributed by atoms with E-state index in [0.29, 0.717) is 23.4 Å². The van der Waals surface area contributed by atoms with Gasteiger partial charge in [0, 0.05) is 29.4 Å². The largest absolute Gasteiger partial charge is 0.449 e. The van der Waals surface area contributed by atoms with Crippen LogP contribution in [0.3, 0.4) is 0 Å². The molecule has 3 aromatic rings. The van der Waals surface area contributed by atoms with Gasteiger partial charge in [-0.1, -0.05) is 38.5 Å². The molecule has 7 heteroatoms. The number of carbonyl (C=O) groups is 3. The van der Waals surface area contributed by atoms with E-state index >= 15 is 0 Å². The van der Waals surface area contributed by atoms with Crippen molar-refractivity contribution >= 4 is 40.1 Å². The van der Waals surface area contributed by atoms with Crippen LogP contribution < -0.4 is 10.6 Å². The maximum atomic E-state index is 13.2. The topological polar surface area (TPSA) is 97.4 Å². The van der Waals surface area contributed by atoms with Crippen molar-refractivity contribution in [3.63, 3.8) is 0 Å². The highest BCUT2D eigenvalue weighted by molar-refractivity contribution is 6.06. The monoisotopic (exact) mass is 447 g/mol. The number of hydrogen-bond donors (Lipinski definition) is 2. The van der Waals surface area contributed by atoms with Gasteiger partial charge in [0.05, 0.1) is 11.1 Å². The lowest BCUT2D eigenvalue weighted by Crippen LogP contribution is -2.30. The number of pyridine rings is 1. The number of ether oxygens (including phenoxy) is 1. The van der Waals surface area contributed by atoms with Crippen molar-refractivity contribution in [1.82, 2.24) is 4.98 Å². The van der Waals surface area contributed by atoms with Gasteiger partial charge in [-0.15, -0.1) is 0 Å². The molecule has 33 heavy (non-hydrogen) atoms. The molecule has 0 aliphatic carbocycles. The quantitative estimate of drug-likeness (QED) is 0.479. The number of amides is 2. The van der Waals surface area contributed by atoms with Crippen LogP contribution in [0.4, 0.5) is 11.4 Å². The van der Waals surface area contributed by atoms with Crippen LogP contribution in [0.2, 0.25) is 0 Å². The predicted octanol–water partition coefficient (Wildman–Crippen LogP) is 4.89. The molecule has 0 aliphatic heterocycles. The Kier molecular flexibility index (Phi) is 7.77. The van der Waals surface area contributed by atoms with Gasteiger partial charge in [-0.25, -0.2) is 4.79 Å². The van der Waals surface area contributed by atoms with Gasteiger partial charge in [-0.3, -0.25) is 14.6 Å². The molecular weight excluding hydrogens is 418 g/mol. The summed E-state index contributed by atoms with van der Waals surface area (Å²) in [5.74, 6) is -1.16. The Hall–Kier alpha value is -3.74. The van der Waals surface area contributed by atoms with Crippen molar-refractivity contribution in [2.75, 3.05) is 10.6 Å². The molecule has 1 aromatic heterocycles. The second kappa shape index (κ2) is 10.7. The minimum absolute atomic E-state index is 0.176. The Morgan fingerprint density at radius 2 is 1.61 bits per heavy atom. The molecule has 1 heterocycles. The van der Waals surface area contributed by atoms with Crippen molar-refractivity contribution in [1.29, 1.82) is 0 Å². The molecule has 7 nitrogen and oxygen atoms in total. The van der Waals surface area contributed by atoms with E-state index < -0.39 is 18.0 Å². The molecule has 0 saturated heterocycles. The molecule has 0 bridgehead atoms. The van der Waals surface area contributed by atoms with Crippen LogP contribution in [0, 0.1) is 0 Å². The van der Waals surface area contributed by atoms with Gasteiger partial charge in [0.2, 0.25) is 5.91 Å². The molecule has 0 fully saturated rings. The molecule has 1 unspecified atom stereocenters. The van der Waals surface area contributed by atoms with Crippen molar-refractivity contribution in [2.24, 2.45) is 0 Å². The number of carbonyl (C=O) groups excluding carboxylic acids is 3. The van der Waals surface area contributed by atoms with Gasteiger partial charge in [-0.2, -0.15) is 0 Å². The molecule has 1 atom stereocenters. The van der Waals surface area contributed by atoms with Crippen molar-refractivity contribution in [3.05, 3.63) is 65.4 Å². The highest BCUT2D eigenvalue weighted by Gasteiger charge is 2.24. The zero-order chi connectivity index (χ0) is 24.0. The average molecular weight is 448 g/mol. The van der Waals surface area contributed by atoms with Crippen molar-refractivity contribution in [2.45, 2.75) is 53.1 Å². The number of hydrogen-bond acceptors (Lipinski definition) is 5. The number of nitrogens with zero attached hydrogens (tertiary/aromatic N) is 1. The summed E-state index contributed by atoms with van der Waals surface area (Å²) in [6.07, 6.45) is 1.31. The number of anilines is 2. The maximum absolute atomic E-state index is 13.2. The van der Waals surface area contributed by atoms with Gasteiger partial charge in [-0.05, 0) is 55.7 Å². The normalized spacial score (nSPS) is 11.6. The lowest BCUT2D eigenvalue weighted by molar-refractivity contribution is -0.123. The maximum Gasteiger partial charge on any atom is 0.339 e. The zero-order valence-electron chi connectivity index (χ0n) is 19.4. The number of fused-ring (bicyclic) bond motifs is 1. The lowest BCUT2D eigenvalue weighted by atomic mass is 9.96. The van der Waals surface area contributed by atoms with Crippen LogP contribution in [0.25, 0.3) is 10.9 Å². The molecule has 0 spiro atoms. The molecular formula is C26H29N3O4. The predicted molar refractivity (Wildman–Crippen MR) is 129 cm³/mol. The van der Waals surface area contributed by atoms with Crippen molar-refractivity contribution in [3.8, 4) is 0 Å². The van der Waals surface area contributed by atoms with Gasteiger partial charge >= 0.3 is 5.97 Å². The summed E-state index contributed by atoms with van der Waals surface area (Å²) < 4.78 is 5.59. The van der Waals surface area contributed by atoms with Crippen LogP contribution in [-0.4, -0.2) is 28.9 Å². The van der Waals surface area contributed by atoms with E-state index in [1.165, 1.54) is 6.92 Å². The van der Waals surface area contributed by atoms with Crippen LogP contribution in [0.5, 0.6) is 0 Å². The fraction of sp³-hybridized carbons (Fsp3) is 0.308. The van der Waals surface area contributed by atoms with Crippen molar-refractivity contribution < 1.29 is 19.1 Å². The highest BCUT2D eigenvalue weighted by atomic mass is 16.5. The fourth-order valence-electron chi connectivity index (χ4n) is 3.72. The molecule has 0 radical (unpaired) electrons. The number of aromatic nitrogens is 1. The van der Waals surface area contributed by atoms with E-state index in [9.17, 15) is 14.4 Å². The minimum atomic E-state index is -1.00. The first-order valence-corrected chi connectivity index (χ1v) is 11.1. The number of benzene rings is 2. The van der Waals surface area contributed by atoms with Crippen LogP contribution in [0.15, 0.2) is 48.5 Å². The van der Waals surface area contributed by atoms with Crippen LogP contribution in [0.1, 0.15) is 55.7 Å². The zero-order valence-corrected chi connectivity index (χ0v) is 19.4. The van der Waals surface area contributed by atoms with Crippen LogP contribution >= 0.6 is 0 Å². The Balaban J connectivity index is 1.80. The SMILES string of the molecule is CCCc1nc2ccccc2c(C(=O)OC(C)C(=O)Nc2ccc(NC(C)=O)cc2)c1CC. The van der Waals surface area contributed by atoms with E-state index in [1.54, 1.807) is 31.2 Å². The number of aryl methyl sites for hydroxylation is 1. The van der Waals surface area contributed by atoms with E-state index in [4.69, 9.17) is 9.72 Å². The number of esters is 1. The average Bonchev–Trinajstić information content (AvgIpc) is 2.79. The molecule has 3 rings (SSSR count). The molecule has 2 aromatic carbocycles.